The highest BCUT2D eigenvalue weighted by atomic mass is 79.9. The van der Waals surface area contributed by atoms with Crippen LogP contribution in [0.3, 0.4) is 0 Å². The van der Waals surface area contributed by atoms with Crippen molar-refractivity contribution in [3.63, 3.8) is 0 Å². The number of rotatable bonds is 9. The van der Waals surface area contributed by atoms with E-state index < -0.39 is 17.1 Å². The molecule has 3 amide bonds. The molecule has 1 aliphatic rings. The number of hydrogen-bond acceptors (Lipinski definition) is 6. The first-order valence-corrected chi connectivity index (χ1v) is 13.3. The van der Waals surface area contributed by atoms with Crippen LogP contribution in [0.25, 0.3) is 6.08 Å². The minimum Gasteiger partial charge on any atom is -0.490 e. The van der Waals surface area contributed by atoms with Crippen LogP contribution in [0.15, 0.2) is 70.0 Å². The van der Waals surface area contributed by atoms with Crippen molar-refractivity contribution in [3.05, 3.63) is 92.5 Å². The topological polar surface area (TPSA) is 84.9 Å². The summed E-state index contributed by atoms with van der Waals surface area (Å²) in [4.78, 5) is 39.1. The van der Waals surface area contributed by atoms with Gasteiger partial charge in [0.1, 0.15) is 19.0 Å². The summed E-state index contributed by atoms with van der Waals surface area (Å²) in [6, 6.07) is 16.7. The van der Waals surface area contributed by atoms with Crippen LogP contribution in [0.2, 0.25) is 0 Å². The zero-order chi connectivity index (χ0) is 27.2. The Balaban J connectivity index is 1.48. The number of imide groups is 1. The Bertz CT molecular complexity index is 1410. The Hall–Kier alpha value is -3.63. The average molecular weight is 599 g/mol. The first-order valence-electron chi connectivity index (χ1n) is 11.7. The molecule has 7 nitrogen and oxygen atoms in total. The fraction of sp³-hybridized carbons (Fsp3) is 0.179. The van der Waals surface area contributed by atoms with E-state index in [1.54, 1.807) is 42.5 Å². The summed E-state index contributed by atoms with van der Waals surface area (Å²) in [6.45, 7) is 3.91. The predicted molar refractivity (Wildman–Crippen MR) is 149 cm³/mol. The maximum Gasteiger partial charge on any atom is 0.294 e. The lowest BCUT2D eigenvalue weighted by molar-refractivity contribution is -0.127. The van der Waals surface area contributed by atoms with Crippen molar-refractivity contribution in [2.75, 3.05) is 18.5 Å². The second-order valence-electron chi connectivity index (χ2n) is 8.36. The van der Waals surface area contributed by atoms with Gasteiger partial charge in [-0.25, -0.2) is 4.39 Å². The van der Waals surface area contributed by atoms with Crippen LogP contribution in [-0.4, -0.2) is 35.1 Å². The lowest BCUT2D eigenvalue weighted by atomic mass is 10.1. The van der Waals surface area contributed by atoms with Crippen molar-refractivity contribution in [3.8, 4) is 11.5 Å². The molecule has 1 fully saturated rings. The molecule has 0 saturated carbocycles. The minimum absolute atomic E-state index is 0.188. The molecule has 0 bridgehead atoms. The zero-order valence-electron chi connectivity index (χ0n) is 20.6. The molecule has 4 rings (SSSR count). The number of carbonyl (C=O) groups excluding carboxylic acids is 3. The summed E-state index contributed by atoms with van der Waals surface area (Å²) in [7, 11) is 0. The zero-order valence-corrected chi connectivity index (χ0v) is 23.0. The van der Waals surface area contributed by atoms with Crippen LogP contribution in [0.4, 0.5) is 14.9 Å². The Morgan fingerprint density at radius 3 is 2.58 bits per heavy atom. The third-order valence-electron chi connectivity index (χ3n) is 5.40. The van der Waals surface area contributed by atoms with Crippen molar-refractivity contribution >= 4 is 56.5 Å². The number of hydrogen-bond donors (Lipinski definition) is 1. The highest BCUT2D eigenvalue weighted by molar-refractivity contribution is 9.10. The molecular formula is C28H24BrFN2O5S. The van der Waals surface area contributed by atoms with Crippen molar-refractivity contribution in [1.82, 2.24) is 4.90 Å². The SMILES string of the molecule is CCOc1cc(/C=C2\SC(=O)N(CC(=O)Nc3cccc(C)c3)C2=O)cc(Br)c1OCc1ccc(F)cc1. The quantitative estimate of drug-likeness (QED) is 0.281. The first-order chi connectivity index (χ1) is 18.2. The highest BCUT2D eigenvalue weighted by Crippen LogP contribution is 2.39. The summed E-state index contributed by atoms with van der Waals surface area (Å²) in [5.74, 6) is -0.458. The molecule has 10 heteroatoms. The summed E-state index contributed by atoms with van der Waals surface area (Å²) in [6.07, 6.45) is 1.57. The Kier molecular flexibility index (Phi) is 8.85. The van der Waals surface area contributed by atoms with Crippen molar-refractivity contribution < 1.29 is 28.2 Å². The van der Waals surface area contributed by atoms with Gasteiger partial charge in [0.15, 0.2) is 11.5 Å². The number of ether oxygens (including phenoxy) is 2. The van der Waals surface area contributed by atoms with Crippen LogP contribution < -0.4 is 14.8 Å². The van der Waals surface area contributed by atoms with Gasteiger partial charge >= 0.3 is 0 Å². The van der Waals surface area contributed by atoms with Crippen LogP contribution in [-0.2, 0) is 16.2 Å². The monoisotopic (exact) mass is 598 g/mol. The summed E-state index contributed by atoms with van der Waals surface area (Å²) < 4.78 is 25.4. The molecule has 38 heavy (non-hydrogen) atoms. The van der Waals surface area contributed by atoms with Crippen molar-refractivity contribution in [2.45, 2.75) is 20.5 Å². The fourth-order valence-corrected chi connectivity index (χ4v) is 5.08. The number of nitrogens with one attached hydrogen (secondary N) is 1. The van der Waals surface area contributed by atoms with E-state index in [0.29, 0.717) is 33.8 Å². The first kappa shape index (κ1) is 27.4. The number of thioether (sulfide) groups is 1. The van der Waals surface area contributed by atoms with E-state index in [0.717, 1.165) is 27.8 Å². The number of anilines is 1. The number of halogens is 2. The third kappa shape index (κ3) is 6.81. The van der Waals surface area contributed by atoms with Gasteiger partial charge in [0.25, 0.3) is 11.1 Å². The summed E-state index contributed by atoms with van der Waals surface area (Å²) in [5, 5.41) is 2.18. The molecular weight excluding hydrogens is 575 g/mol. The molecule has 0 spiro atoms. The van der Waals surface area contributed by atoms with E-state index in [4.69, 9.17) is 9.47 Å². The second kappa shape index (κ2) is 12.3. The molecule has 0 radical (unpaired) electrons. The van der Waals surface area contributed by atoms with E-state index in [9.17, 15) is 18.8 Å². The average Bonchev–Trinajstić information content (AvgIpc) is 3.12. The number of nitrogens with zero attached hydrogens (tertiary/aromatic N) is 1. The minimum atomic E-state index is -0.551. The largest absolute Gasteiger partial charge is 0.490 e. The van der Waals surface area contributed by atoms with Gasteiger partial charge < -0.3 is 14.8 Å². The van der Waals surface area contributed by atoms with Crippen LogP contribution in [0, 0.1) is 12.7 Å². The molecule has 3 aromatic rings. The van der Waals surface area contributed by atoms with E-state index >= 15 is 0 Å². The Labute approximate surface area is 232 Å². The van der Waals surface area contributed by atoms with Crippen LogP contribution in [0.5, 0.6) is 11.5 Å². The smallest absolute Gasteiger partial charge is 0.294 e. The predicted octanol–water partition coefficient (Wildman–Crippen LogP) is 6.55. The molecule has 0 unspecified atom stereocenters. The van der Waals surface area contributed by atoms with Gasteiger partial charge in [-0.3, -0.25) is 19.3 Å². The molecule has 1 N–H and O–H groups in total. The van der Waals surface area contributed by atoms with Gasteiger partial charge in [-0.2, -0.15) is 0 Å². The maximum atomic E-state index is 13.2. The van der Waals surface area contributed by atoms with Gasteiger partial charge in [-0.05, 0) is 101 Å². The maximum absolute atomic E-state index is 13.2. The van der Waals surface area contributed by atoms with Crippen molar-refractivity contribution in [1.29, 1.82) is 0 Å². The number of aryl methyl sites for hydroxylation is 1. The highest BCUT2D eigenvalue weighted by Gasteiger charge is 2.36. The van der Waals surface area contributed by atoms with Crippen molar-refractivity contribution in [2.24, 2.45) is 0 Å². The molecule has 0 aromatic heterocycles. The molecule has 0 aliphatic carbocycles. The molecule has 1 heterocycles. The van der Waals surface area contributed by atoms with E-state index in [1.165, 1.54) is 12.1 Å². The summed E-state index contributed by atoms with van der Waals surface area (Å²) in [5.41, 5.74) is 2.95. The van der Waals surface area contributed by atoms with Gasteiger partial charge in [0.05, 0.1) is 16.0 Å². The normalized spacial score (nSPS) is 14.2. The number of carbonyl (C=O) groups is 3. The second-order valence-corrected chi connectivity index (χ2v) is 10.2. The van der Waals surface area contributed by atoms with Gasteiger partial charge in [-0.15, -0.1) is 0 Å². The summed E-state index contributed by atoms with van der Waals surface area (Å²) >= 11 is 4.26. The van der Waals surface area contributed by atoms with Gasteiger partial charge in [0, 0.05) is 5.69 Å². The molecule has 1 saturated heterocycles. The van der Waals surface area contributed by atoms with E-state index in [-0.39, 0.29) is 23.9 Å². The Morgan fingerprint density at radius 1 is 1.11 bits per heavy atom. The fourth-order valence-electron chi connectivity index (χ4n) is 3.67. The lowest BCUT2D eigenvalue weighted by Gasteiger charge is -2.15. The van der Waals surface area contributed by atoms with Gasteiger partial charge in [0.2, 0.25) is 5.91 Å². The molecule has 0 atom stereocenters. The molecule has 3 aromatic carbocycles. The molecule has 196 valence electrons. The van der Waals surface area contributed by atoms with Crippen LogP contribution >= 0.6 is 27.7 Å². The van der Waals surface area contributed by atoms with Gasteiger partial charge in [-0.1, -0.05) is 24.3 Å². The lowest BCUT2D eigenvalue weighted by Crippen LogP contribution is -2.36. The van der Waals surface area contributed by atoms with E-state index in [2.05, 4.69) is 21.2 Å². The van der Waals surface area contributed by atoms with E-state index in [1.807, 2.05) is 26.0 Å². The number of benzene rings is 3. The standard InChI is InChI=1S/C28H24BrFN2O5S/c1-3-36-23-13-19(12-22(29)26(23)37-16-18-7-9-20(30)10-8-18)14-24-27(34)32(28(35)38-24)15-25(33)31-21-6-4-5-17(2)11-21/h4-14H,3,15-16H2,1-2H3,(H,31,33)/b24-14-. The third-order valence-corrected chi connectivity index (χ3v) is 6.90. The Morgan fingerprint density at radius 2 is 1.87 bits per heavy atom. The van der Waals surface area contributed by atoms with Crippen LogP contribution in [0.1, 0.15) is 23.6 Å². The molecule has 1 aliphatic heterocycles. The number of amides is 3.